The summed E-state index contributed by atoms with van der Waals surface area (Å²) in [6.45, 7) is 5.63. The van der Waals surface area contributed by atoms with Gasteiger partial charge in [0.05, 0.1) is 35.7 Å². The van der Waals surface area contributed by atoms with E-state index in [0.29, 0.717) is 35.4 Å². The zero-order valence-electron chi connectivity index (χ0n) is 20.7. The van der Waals surface area contributed by atoms with Gasteiger partial charge in [0.2, 0.25) is 0 Å². The second-order valence-corrected chi connectivity index (χ2v) is 9.93. The maximum atomic E-state index is 12.8. The highest BCUT2D eigenvalue weighted by molar-refractivity contribution is 6.00. The minimum Gasteiger partial charge on any atom is -0.507 e. The van der Waals surface area contributed by atoms with Crippen molar-refractivity contribution in [2.75, 3.05) is 19.5 Å². The number of amides is 1. The van der Waals surface area contributed by atoms with Crippen molar-refractivity contribution in [1.29, 1.82) is 0 Å². The molecule has 4 N–H and O–H groups in total. The first-order valence-electron chi connectivity index (χ1n) is 11.6. The Morgan fingerprint density at radius 1 is 1.11 bits per heavy atom. The molecule has 0 aliphatic carbocycles. The van der Waals surface area contributed by atoms with Crippen LogP contribution in [-0.4, -0.2) is 58.9 Å². The van der Waals surface area contributed by atoms with Gasteiger partial charge in [0.1, 0.15) is 11.5 Å². The summed E-state index contributed by atoms with van der Waals surface area (Å²) in [5.41, 5.74) is -2.07. The maximum absolute atomic E-state index is 12.8. The number of phenols is 1. The van der Waals surface area contributed by atoms with Gasteiger partial charge in [0.25, 0.3) is 5.91 Å². The first-order valence-corrected chi connectivity index (χ1v) is 11.6. The molecular weight excluding hydrogens is 450 g/mol. The number of hydrogen-bond acceptors (Lipinski definition) is 7. The van der Waals surface area contributed by atoms with Crippen molar-refractivity contribution in [3.63, 3.8) is 0 Å². The van der Waals surface area contributed by atoms with Crippen LogP contribution in [0.1, 0.15) is 50.3 Å². The Kier molecular flexibility index (Phi) is 6.44. The molecule has 4 unspecified atom stereocenters. The molecule has 1 saturated heterocycles. The summed E-state index contributed by atoms with van der Waals surface area (Å²) in [4.78, 5) is 12.8. The van der Waals surface area contributed by atoms with Crippen LogP contribution < -0.4 is 10.1 Å². The van der Waals surface area contributed by atoms with Crippen molar-refractivity contribution in [3.05, 3.63) is 59.2 Å². The highest BCUT2D eigenvalue weighted by Crippen LogP contribution is 2.48. The fourth-order valence-corrected chi connectivity index (χ4v) is 5.04. The molecule has 4 rings (SSSR count). The molecule has 1 amide bonds. The standard InChI is InChI=1S/C27H33NO7/c1-25(2)20(29)13-15-26(3,35-25)14-12-16-6-11-19-21(22(16)30)27(32,23(34-5)24(31)28-19)17-7-9-18(33-4)10-8-17/h6-12,14,20,23,29-30,32H,13,15H2,1-5H3,(H,28,31)/b14-12+. The SMILES string of the molecule is COc1ccc(C2(O)c3c(ccc(/C=C/C4(C)CCC(O)C(C)(C)O4)c3O)NC(=O)C2OC)cc1. The summed E-state index contributed by atoms with van der Waals surface area (Å²) in [6, 6.07) is 9.93. The van der Waals surface area contributed by atoms with E-state index in [4.69, 9.17) is 14.2 Å². The number of nitrogens with one attached hydrogen (secondary N) is 1. The molecular formula is C27H33NO7. The Hall–Kier alpha value is -2.91. The van der Waals surface area contributed by atoms with Crippen LogP contribution >= 0.6 is 0 Å². The molecule has 4 atom stereocenters. The number of hydrogen-bond donors (Lipinski definition) is 4. The molecule has 2 aromatic rings. The molecule has 2 aromatic carbocycles. The number of rotatable bonds is 5. The van der Waals surface area contributed by atoms with Gasteiger partial charge in [-0.05, 0) is 63.4 Å². The summed E-state index contributed by atoms with van der Waals surface area (Å²) >= 11 is 0. The van der Waals surface area contributed by atoms with Gasteiger partial charge in [-0.1, -0.05) is 24.3 Å². The predicted octanol–water partition coefficient (Wildman–Crippen LogP) is 3.33. The van der Waals surface area contributed by atoms with Gasteiger partial charge in [-0.25, -0.2) is 0 Å². The van der Waals surface area contributed by atoms with Crippen molar-refractivity contribution in [3.8, 4) is 11.5 Å². The molecule has 0 aromatic heterocycles. The van der Waals surface area contributed by atoms with Gasteiger partial charge < -0.3 is 34.8 Å². The van der Waals surface area contributed by atoms with Crippen LogP contribution in [0.2, 0.25) is 0 Å². The summed E-state index contributed by atoms with van der Waals surface area (Å²) < 4.78 is 16.8. The molecule has 0 spiro atoms. The molecule has 35 heavy (non-hydrogen) atoms. The first kappa shape index (κ1) is 25.2. The largest absolute Gasteiger partial charge is 0.507 e. The van der Waals surface area contributed by atoms with Crippen LogP contribution in [0, 0.1) is 0 Å². The lowest BCUT2D eigenvalue weighted by molar-refractivity contribution is -0.195. The number of ether oxygens (including phenoxy) is 3. The predicted molar refractivity (Wildman–Crippen MR) is 131 cm³/mol. The van der Waals surface area contributed by atoms with E-state index in [0.717, 1.165) is 0 Å². The lowest BCUT2D eigenvalue weighted by Crippen LogP contribution is -2.52. The number of aliphatic hydroxyl groups is 2. The van der Waals surface area contributed by atoms with Gasteiger partial charge >= 0.3 is 0 Å². The van der Waals surface area contributed by atoms with Crippen molar-refractivity contribution in [2.45, 2.75) is 62.6 Å². The number of aromatic hydroxyl groups is 1. The number of aliphatic hydroxyl groups excluding tert-OH is 1. The van der Waals surface area contributed by atoms with Gasteiger partial charge in [0, 0.05) is 12.7 Å². The van der Waals surface area contributed by atoms with Gasteiger partial charge in [-0.2, -0.15) is 0 Å². The molecule has 8 heteroatoms. The Labute approximate surface area is 205 Å². The zero-order valence-corrected chi connectivity index (χ0v) is 20.7. The topological polar surface area (TPSA) is 117 Å². The summed E-state index contributed by atoms with van der Waals surface area (Å²) in [7, 11) is 2.87. The molecule has 0 saturated carbocycles. The Bertz CT molecular complexity index is 1140. The Balaban J connectivity index is 1.80. The van der Waals surface area contributed by atoms with Crippen LogP contribution in [0.25, 0.3) is 6.08 Å². The lowest BCUT2D eigenvalue weighted by atomic mass is 9.76. The quantitative estimate of drug-likeness (QED) is 0.515. The second-order valence-electron chi connectivity index (χ2n) is 9.93. The third-order valence-corrected chi connectivity index (χ3v) is 7.06. The van der Waals surface area contributed by atoms with E-state index in [-0.39, 0.29) is 11.3 Å². The van der Waals surface area contributed by atoms with Crippen LogP contribution in [0.15, 0.2) is 42.5 Å². The zero-order chi connectivity index (χ0) is 25.6. The van der Waals surface area contributed by atoms with Crippen LogP contribution in [-0.2, 0) is 19.9 Å². The van der Waals surface area contributed by atoms with E-state index in [9.17, 15) is 20.1 Å². The molecule has 188 valence electrons. The number of carbonyl (C=O) groups is 1. The van der Waals surface area contributed by atoms with E-state index >= 15 is 0 Å². The molecule has 8 nitrogen and oxygen atoms in total. The van der Waals surface area contributed by atoms with Crippen molar-refractivity contribution in [2.24, 2.45) is 0 Å². The third-order valence-electron chi connectivity index (χ3n) is 7.06. The fourth-order valence-electron chi connectivity index (χ4n) is 5.04. The van der Waals surface area contributed by atoms with Gasteiger partial charge in [0.15, 0.2) is 11.7 Å². The Morgan fingerprint density at radius 2 is 1.80 bits per heavy atom. The van der Waals surface area contributed by atoms with E-state index in [2.05, 4.69) is 5.32 Å². The molecule has 2 aliphatic rings. The average molecular weight is 484 g/mol. The highest BCUT2D eigenvalue weighted by Gasteiger charge is 2.51. The lowest BCUT2D eigenvalue weighted by Gasteiger charge is -2.45. The van der Waals surface area contributed by atoms with Crippen molar-refractivity contribution in [1.82, 2.24) is 0 Å². The first-order chi connectivity index (χ1) is 16.4. The van der Waals surface area contributed by atoms with E-state index in [1.165, 1.54) is 14.2 Å². The third kappa shape index (κ3) is 4.31. The number of fused-ring (bicyclic) bond motifs is 1. The minimum absolute atomic E-state index is 0.140. The molecule has 0 bridgehead atoms. The smallest absolute Gasteiger partial charge is 0.257 e. The van der Waals surface area contributed by atoms with Crippen molar-refractivity contribution < 1.29 is 34.3 Å². The average Bonchev–Trinajstić information content (AvgIpc) is 2.81. The normalized spacial score (nSPS) is 30.1. The van der Waals surface area contributed by atoms with Crippen molar-refractivity contribution >= 4 is 17.7 Å². The van der Waals surface area contributed by atoms with E-state index < -0.39 is 34.9 Å². The Morgan fingerprint density at radius 3 is 2.40 bits per heavy atom. The number of anilines is 1. The van der Waals surface area contributed by atoms with Gasteiger partial charge in [-0.3, -0.25) is 4.79 Å². The number of carbonyl (C=O) groups excluding carboxylic acids is 1. The monoisotopic (exact) mass is 483 g/mol. The summed E-state index contributed by atoms with van der Waals surface area (Å²) in [5, 5.41) is 36.3. The number of phenolic OH excluding ortho intramolecular Hbond substituents is 1. The van der Waals surface area contributed by atoms with E-state index in [1.807, 2.05) is 26.8 Å². The minimum atomic E-state index is -1.95. The van der Waals surface area contributed by atoms with Gasteiger partial charge in [-0.15, -0.1) is 0 Å². The van der Waals surface area contributed by atoms with E-state index in [1.54, 1.807) is 42.5 Å². The highest BCUT2D eigenvalue weighted by atomic mass is 16.5. The molecule has 1 fully saturated rings. The van der Waals surface area contributed by atoms with Crippen LogP contribution in [0.4, 0.5) is 5.69 Å². The van der Waals surface area contributed by atoms with Crippen LogP contribution in [0.5, 0.6) is 11.5 Å². The second kappa shape index (κ2) is 8.95. The molecule has 2 heterocycles. The fraction of sp³-hybridized carbons (Fsp3) is 0.444. The molecule has 0 radical (unpaired) electrons. The molecule has 2 aliphatic heterocycles. The maximum Gasteiger partial charge on any atom is 0.257 e. The summed E-state index contributed by atoms with van der Waals surface area (Å²) in [6.07, 6.45) is 2.92. The number of benzene rings is 2. The van der Waals surface area contributed by atoms with Crippen LogP contribution in [0.3, 0.4) is 0 Å². The summed E-state index contributed by atoms with van der Waals surface area (Å²) in [5.74, 6) is -0.121. The number of methoxy groups -OCH3 is 2.